The number of Topliss-reactive ketones (excluding diaryl/α,β-unsaturated/α-hetero) is 1. The van der Waals surface area contributed by atoms with E-state index in [0.717, 1.165) is 12.4 Å². The molecule has 0 aliphatic rings. The molecule has 0 aliphatic carbocycles. The molecule has 1 radical (unpaired) electrons. The van der Waals surface area contributed by atoms with E-state index in [1.807, 2.05) is 0 Å². The van der Waals surface area contributed by atoms with E-state index in [1.54, 1.807) is 13.0 Å². The number of aliphatic imine (C=N–C) groups is 1. The summed E-state index contributed by atoms with van der Waals surface area (Å²) in [5.41, 5.74) is -0.468. The molecule has 0 amide bonds. The van der Waals surface area contributed by atoms with Crippen molar-refractivity contribution in [1.29, 1.82) is 0 Å². The number of hydrogen-bond donors (Lipinski definition) is 1. The second kappa shape index (κ2) is 13.4. The van der Waals surface area contributed by atoms with Gasteiger partial charge in [-0.1, -0.05) is 42.5 Å². The minimum Gasteiger partial charge on any atom is -0.324 e. The van der Waals surface area contributed by atoms with Gasteiger partial charge in [0.25, 0.3) is 16.4 Å². The molecule has 1 atom stereocenters. The molecule has 177 valence electrons. The van der Waals surface area contributed by atoms with E-state index in [1.165, 1.54) is 48.9 Å². The Hall–Kier alpha value is -1.56. The van der Waals surface area contributed by atoms with Crippen molar-refractivity contribution in [2.24, 2.45) is 4.99 Å². The van der Waals surface area contributed by atoms with Gasteiger partial charge in [0.2, 0.25) is 0 Å². The molecule has 33 heavy (non-hydrogen) atoms. The van der Waals surface area contributed by atoms with Crippen LogP contribution in [0.3, 0.4) is 0 Å². The molecule has 0 fully saturated rings. The van der Waals surface area contributed by atoms with Crippen LogP contribution in [-0.4, -0.2) is 40.8 Å². The van der Waals surface area contributed by atoms with Gasteiger partial charge in [-0.25, -0.2) is 25.6 Å². The molecular weight excluding hydrogens is 551 g/mol. The summed E-state index contributed by atoms with van der Waals surface area (Å²) < 4.78 is 78.2. The maximum absolute atomic E-state index is 13.2. The van der Waals surface area contributed by atoms with Crippen molar-refractivity contribution in [3.63, 3.8) is 0 Å². The van der Waals surface area contributed by atoms with Crippen molar-refractivity contribution in [3.8, 4) is 0 Å². The zero-order chi connectivity index (χ0) is 23.8. The minimum absolute atomic E-state index is 0. The summed E-state index contributed by atoms with van der Waals surface area (Å²) in [5, 5.41) is 0. The average Bonchev–Trinajstić information content (AvgIpc) is 2.73. The zero-order valence-electron chi connectivity index (χ0n) is 17.8. The summed E-state index contributed by atoms with van der Waals surface area (Å²) in [7, 11) is -7.98. The first-order chi connectivity index (χ1) is 15.1. The maximum atomic E-state index is 13.2. The fraction of sp³-hybridized carbons (Fsp3) is 0.286. The van der Waals surface area contributed by atoms with E-state index in [4.69, 9.17) is 0 Å². The van der Waals surface area contributed by atoms with Gasteiger partial charge < -0.3 is 11.2 Å². The quantitative estimate of drug-likeness (QED) is 0.238. The minimum atomic E-state index is -4.03. The van der Waals surface area contributed by atoms with E-state index < -0.39 is 55.2 Å². The van der Waals surface area contributed by atoms with Crippen molar-refractivity contribution in [2.75, 3.05) is 5.75 Å². The largest absolute Gasteiger partial charge is 0.324 e. The number of carbonyl (C=O) groups is 1. The third-order valence-electron chi connectivity index (χ3n) is 4.37. The first kappa shape index (κ1) is 29.5. The Balaban J connectivity index is 0.00000544. The van der Waals surface area contributed by atoms with Crippen molar-refractivity contribution < 1.29 is 63.1 Å². The first-order valence-corrected chi connectivity index (χ1v) is 12.8. The van der Waals surface area contributed by atoms with Gasteiger partial charge in [0.05, 0.1) is 22.7 Å². The van der Waals surface area contributed by atoms with Crippen molar-refractivity contribution in [1.82, 2.24) is 4.72 Å². The van der Waals surface area contributed by atoms with Gasteiger partial charge in [-0.15, -0.1) is 6.42 Å². The number of nitrogens with one attached hydrogen (secondary N) is 1. The van der Waals surface area contributed by atoms with E-state index >= 15 is 0 Å². The molecule has 2 rings (SSSR count). The van der Waals surface area contributed by atoms with Crippen LogP contribution in [0.15, 0.2) is 64.5 Å². The van der Waals surface area contributed by atoms with Gasteiger partial charge in [0.15, 0.2) is 9.84 Å². The summed E-state index contributed by atoms with van der Waals surface area (Å²) in [6.07, 6.45) is -0.656. The number of benzene rings is 2. The summed E-state index contributed by atoms with van der Waals surface area (Å²) in [6, 6.07) is 11.3. The SMILES string of the molecule is C[CH-]CC(=O)[C@H](CS(=O)(=O)Cc1ccccc1C(F)F)N=CNS(=O)(=O)c1ccccc1.[Y]. The third kappa shape index (κ3) is 9.31. The third-order valence-corrected chi connectivity index (χ3v) is 7.25. The van der Waals surface area contributed by atoms with E-state index in [9.17, 15) is 30.4 Å². The second-order valence-electron chi connectivity index (χ2n) is 6.86. The van der Waals surface area contributed by atoms with Crippen LogP contribution in [0.5, 0.6) is 0 Å². The molecule has 7 nitrogen and oxygen atoms in total. The summed E-state index contributed by atoms with van der Waals surface area (Å²) >= 11 is 0. The van der Waals surface area contributed by atoms with Gasteiger partial charge in [-0.3, -0.25) is 9.71 Å². The molecule has 0 heterocycles. The Bertz CT molecular complexity index is 1160. The van der Waals surface area contributed by atoms with E-state index in [0.29, 0.717) is 0 Å². The van der Waals surface area contributed by atoms with Crippen LogP contribution < -0.4 is 4.72 Å². The van der Waals surface area contributed by atoms with Crippen LogP contribution in [0.1, 0.15) is 30.9 Å². The molecule has 0 bridgehead atoms. The molecule has 0 spiro atoms. The molecular formula is C21H23F2N2O5S2Y-. The Labute approximate surface area is 217 Å². The van der Waals surface area contributed by atoms with Crippen molar-refractivity contribution >= 4 is 32.0 Å². The normalized spacial score (nSPS) is 13.0. The molecule has 0 aromatic heterocycles. The molecule has 12 heteroatoms. The summed E-state index contributed by atoms with van der Waals surface area (Å²) in [4.78, 5) is 16.2. The standard InChI is InChI=1S/C21H23F2N2O5S2.Y/c1-2-8-20(26)19(24-15-25-32(29,30)17-10-4-3-5-11-17)14-31(27,28)13-16-9-6-7-12-18(16)21(22)23;/h2-7,9-12,15,19,21H,8,13-14H2,1H3,(H,24,25);/q-1;/t19-;/m0./s1. The number of nitrogens with zero attached hydrogens (tertiary/aromatic N) is 1. The number of carbonyl (C=O) groups excluding carboxylic acids is 1. The first-order valence-electron chi connectivity index (χ1n) is 9.51. The average molecular weight is 574 g/mol. The Morgan fingerprint density at radius 2 is 1.67 bits per heavy atom. The van der Waals surface area contributed by atoms with E-state index in [-0.39, 0.29) is 49.6 Å². The number of sulfone groups is 1. The van der Waals surface area contributed by atoms with Crippen LogP contribution in [0.4, 0.5) is 8.78 Å². The van der Waals surface area contributed by atoms with Crippen LogP contribution in [-0.2, 0) is 63.1 Å². The maximum Gasteiger partial charge on any atom is 0.264 e. The Morgan fingerprint density at radius 1 is 1.06 bits per heavy atom. The van der Waals surface area contributed by atoms with Gasteiger partial charge in [-0.2, -0.15) is 6.92 Å². The van der Waals surface area contributed by atoms with Crippen LogP contribution >= 0.6 is 0 Å². The van der Waals surface area contributed by atoms with Gasteiger partial charge in [-0.05, 0) is 17.7 Å². The number of alkyl halides is 2. The van der Waals surface area contributed by atoms with Crippen LogP contribution in [0.25, 0.3) is 0 Å². The zero-order valence-corrected chi connectivity index (χ0v) is 22.2. The molecule has 0 saturated carbocycles. The number of hydrogen-bond acceptors (Lipinski definition) is 6. The second-order valence-corrected chi connectivity index (χ2v) is 10.7. The predicted octanol–water partition coefficient (Wildman–Crippen LogP) is 3.10. The summed E-state index contributed by atoms with van der Waals surface area (Å²) in [5.74, 6) is -1.99. The van der Waals surface area contributed by atoms with E-state index in [2.05, 4.69) is 9.71 Å². The van der Waals surface area contributed by atoms with Crippen molar-refractivity contribution in [2.45, 2.75) is 36.5 Å². The Kier molecular flexibility index (Phi) is 11.9. The predicted molar refractivity (Wildman–Crippen MR) is 118 cm³/mol. The Morgan fingerprint density at radius 3 is 2.27 bits per heavy atom. The smallest absolute Gasteiger partial charge is 0.264 e. The number of rotatable bonds is 12. The van der Waals surface area contributed by atoms with Crippen molar-refractivity contribution in [3.05, 3.63) is 72.1 Å². The van der Waals surface area contributed by atoms with Gasteiger partial charge in [0.1, 0.15) is 11.8 Å². The molecule has 2 aromatic rings. The van der Waals surface area contributed by atoms with Gasteiger partial charge >= 0.3 is 0 Å². The fourth-order valence-corrected chi connectivity index (χ4v) is 5.29. The monoisotopic (exact) mass is 574 g/mol. The number of sulfonamides is 1. The fourth-order valence-electron chi connectivity index (χ4n) is 2.83. The number of ketones is 1. The molecule has 0 saturated heterocycles. The molecule has 0 aliphatic heterocycles. The van der Waals surface area contributed by atoms with Gasteiger partial charge in [0, 0.05) is 38.3 Å². The van der Waals surface area contributed by atoms with Crippen LogP contribution in [0, 0.1) is 6.42 Å². The molecule has 1 N–H and O–H groups in total. The molecule has 2 aromatic carbocycles. The molecule has 0 unspecified atom stereocenters. The topological polar surface area (TPSA) is 110 Å². The number of halogens is 2. The summed E-state index contributed by atoms with van der Waals surface area (Å²) in [6.45, 7) is 1.60. The van der Waals surface area contributed by atoms with Crippen LogP contribution in [0.2, 0.25) is 0 Å².